The van der Waals surface area contributed by atoms with Gasteiger partial charge in [-0.25, -0.2) is 4.52 Å². The van der Waals surface area contributed by atoms with Crippen LogP contribution in [0.1, 0.15) is 36.0 Å². The lowest BCUT2D eigenvalue weighted by molar-refractivity contribution is 0.237. The van der Waals surface area contributed by atoms with Crippen molar-refractivity contribution in [1.82, 2.24) is 34.7 Å². The van der Waals surface area contributed by atoms with Gasteiger partial charge < -0.3 is 4.52 Å². The highest BCUT2D eigenvalue weighted by molar-refractivity contribution is 5.63. The first-order valence-corrected chi connectivity index (χ1v) is 9.18. The second-order valence-electron chi connectivity index (χ2n) is 7.12. The van der Waals surface area contributed by atoms with Gasteiger partial charge in [-0.05, 0) is 44.5 Å². The van der Waals surface area contributed by atoms with Gasteiger partial charge in [0.1, 0.15) is 11.5 Å². The summed E-state index contributed by atoms with van der Waals surface area (Å²) in [6.07, 6.45) is 6.04. The first-order chi connectivity index (χ1) is 13.2. The minimum absolute atomic E-state index is 0.252. The van der Waals surface area contributed by atoms with Crippen molar-refractivity contribution in [2.24, 2.45) is 7.05 Å². The average molecular weight is 363 g/mol. The highest BCUT2D eigenvalue weighted by Crippen LogP contribution is 2.34. The minimum atomic E-state index is 0.252. The van der Waals surface area contributed by atoms with Crippen LogP contribution in [-0.4, -0.2) is 41.2 Å². The molecule has 0 spiro atoms. The van der Waals surface area contributed by atoms with Gasteiger partial charge in [-0.3, -0.25) is 9.58 Å². The molecule has 1 saturated heterocycles. The Bertz CT molecular complexity index is 1090. The first kappa shape index (κ1) is 16.2. The van der Waals surface area contributed by atoms with Crippen molar-refractivity contribution in [3.63, 3.8) is 0 Å². The van der Waals surface area contributed by atoms with Crippen LogP contribution in [0.15, 0.2) is 41.2 Å². The molecule has 0 saturated carbocycles. The molecule has 0 amide bonds. The fourth-order valence-electron chi connectivity index (χ4n) is 3.99. The van der Waals surface area contributed by atoms with Crippen LogP contribution in [0.2, 0.25) is 0 Å². The van der Waals surface area contributed by atoms with E-state index in [1.807, 2.05) is 41.5 Å². The topological polar surface area (TPSA) is 77.3 Å². The summed E-state index contributed by atoms with van der Waals surface area (Å²) in [5.41, 5.74) is 5.17. The summed E-state index contributed by atoms with van der Waals surface area (Å²) < 4.78 is 8.94. The lowest BCUT2D eigenvalue weighted by atomic mass is 10.1. The number of fused-ring (bicyclic) bond motifs is 1. The molecule has 8 nitrogen and oxygen atoms in total. The van der Waals surface area contributed by atoms with Gasteiger partial charge in [-0.2, -0.15) is 5.10 Å². The highest BCUT2D eigenvalue weighted by atomic mass is 16.5. The molecule has 4 aromatic heterocycles. The molecule has 138 valence electrons. The maximum atomic E-state index is 5.21. The smallest absolute Gasteiger partial charge is 0.133 e. The van der Waals surface area contributed by atoms with E-state index in [0.717, 1.165) is 59.9 Å². The molecule has 0 N–H and O–H groups in total. The summed E-state index contributed by atoms with van der Waals surface area (Å²) in [5, 5.41) is 17.3. The van der Waals surface area contributed by atoms with E-state index in [1.165, 1.54) is 0 Å². The number of pyridine rings is 1. The van der Waals surface area contributed by atoms with Gasteiger partial charge in [0, 0.05) is 37.6 Å². The summed E-state index contributed by atoms with van der Waals surface area (Å²) in [7, 11) is 1.94. The van der Waals surface area contributed by atoms with Crippen molar-refractivity contribution in [1.29, 1.82) is 0 Å². The number of aryl methyl sites for hydroxylation is 2. The third-order valence-electron chi connectivity index (χ3n) is 5.28. The lowest BCUT2D eigenvalue weighted by Gasteiger charge is -2.21. The molecule has 4 aromatic rings. The molecule has 1 atom stereocenters. The number of hydrogen-bond acceptors (Lipinski definition) is 6. The molecule has 5 heterocycles. The number of likely N-dealkylation sites (tertiary alicyclic amines) is 1. The normalized spacial score (nSPS) is 17.9. The number of rotatable bonds is 4. The Labute approximate surface area is 156 Å². The van der Waals surface area contributed by atoms with E-state index in [2.05, 4.69) is 37.6 Å². The van der Waals surface area contributed by atoms with Crippen LogP contribution in [0, 0.1) is 6.92 Å². The zero-order valence-electron chi connectivity index (χ0n) is 15.4. The van der Waals surface area contributed by atoms with Crippen LogP contribution < -0.4 is 0 Å². The van der Waals surface area contributed by atoms with Gasteiger partial charge in [0.25, 0.3) is 0 Å². The van der Waals surface area contributed by atoms with Gasteiger partial charge in [-0.15, -0.1) is 5.10 Å². The first-order valence-electron chi connectivity index (χ1n) is 9.18. The van der Waals surface area contributed by atoms with Crippen LogP contribution in [0.4, 0.5) is 0 Å². The van der Waals surface area contributed by atoms with Crippen molar-refractivity contribution in [3.05, 3.63) is 53.8 Å². The maximum absolute atomic E-state index is 5.21. The molecule has 1 aliphatic heterocycles. The molecule has 1 aliphatic rings. The maximum Gasteiger partial charge on any atom is 0.133 e. The van der Waals surface area contributed by atoms with Crippen molar-refractivity contribution < 1.29 is 4.52 Å². The molecule has 5 rings (SSSR count). The Kier molecular flexibility index (Phi) is 3.78. The van der Waals surface area contributed by atoms with Crippen molar-refractivity contribution in [2.45, 2.75) is 32.4 Å². The zero-order chi connectivity index (χ0) is 18.4. The van der Waals surface area contributed by atoms with Gasteiger partial charge in [0.05, 0.1) is 22.9 Å². The number of nitrogens with zero attached hydrogens (tertiary/aromatic N) is 7. The fourth-order valence-corrected chi connectivity index (χ4v) is 3.99. The predicted molar refractivity (Wildman–Crippen MR) is 98.8 cm³/mol. The Morgan fingerprint density at radius 3 is 2.96 bits per heavy atom. The van der Waals surface area contributed by atoms with Gasteiger partial charge in [-0.1, -0.05) is 10.4 Å². The molecule has 0 aliphatic carbocycles. The van der Waals surface area contributed by atoms with Crippen molar-refractivity contribution in [2.75, 3.05) is 6.54 Å². The van der Waals surface area contributed by atoms with Gasteiger partial charge in [0.2, 0.25) is 0 Å². The second-order valence-corrected chi connectivity index (χ2v) is 7.12. The molecule has 0 aromatic carbocycles. The van der Waals surface area contributed by atoms with Crippen LogP contribution in [-0.2, 0) is 13.6 Å². The summed E-state index contributed by atoms with van der Waals surface area (Å²) >= 11 is 0. The Hall–Kier alpha value is -3.00. The average Bonchev–Trinajstić information content (AvgIpc) is 3.42. The lowest BCUT2D eigenvalue weighted by Crippen LogP contribution is -2.23. The van der Waals surface area contributed by atoms with Gasteiger partial charge >= 0.3 is 0 Å². The summed E-state index contributed by atoms with van der Waals surface area (Å²) in [6, 6.07) is 8.46. The van der Waals surface area contributed by atoms with Crippen LogP contribution in [0.5, 0.6) is 0 Å². The van der Waals surface area contributed by atoms with E-state index >= 15 is 0 Å². The van der Waals surface area contributed by atoms with E-state index < -0.39 is 0 Å². The molecule has 1 fully saturated rings. The quantitative estimate of drug-likeness (QED) is 0.555. The van der Waals surface area contributed by atoms with E-state index in [1.54, 1.807) is 6.20 Å². The molecule has 0 bridgehead atoms. The molecule has 27 heavy (non-hydrogen) atoms. The fraction of sp³-hybridized carbons (Fsp3) is 0.368. The molecular weight excluding hydrogens is 342 g/mol. The Morgan fingerprint density at radius 1 is 1.26 bits per heavy atom. The zero-order valence-corrected chi connectivity index (χ0v) is 15.4. The minimum Gasteiger partial charge on any atom is -0.361 e. The second kappa shape index (κ2) is 6.31. The summed E-state index contributed by atoms with van der Waals surface area (Å²) in [5.74, 6) is 0.845. The monoisotopic (exact) mass is 363 g/mol. The number of hydrogen-bond donors (Lipinski definition) is 0. The molecular formula is C19H21N7O. The largest absolute Gasteiger partial charge is 0.361 e. The molecule has 0 radical (unpaired) electrons. The van der Waals surface area contributed by atoms with Crippen molar-refractivity contribution in [3.8, 4) is 11.3 Å². The predicted octanol–water partition coefficient (Wildman–Crippen LogP) is 2.76. The van der Waals surface area contributed by atoms with E-state index in [9.17, 15) is 0 Å². The SMILES string of the molecule is Cc1cc(CN2CCCC2c2nnn3cc(-c4ccnn4C)ccc23)no1. The summed E-state index contributed by atoms with van der Waals surface area (Å²) in [6.45, 7) is 3.72. The third kappa shape index (κ3) is 2.82. The van der Waals surface area contributed by atoms with E-state index in [0.29, 0.717) is 0 Å². The van der Waals surface area contributed by atoms with Crippen LogP contribution in [0.3, 0.4) is 0 Å². The van der Waals surface area contributed by atoms with Crippen LogP contribution >= 0.6 is 0 Å². The third-order valence-corrected chi connectivity index (χ3v) is 5.28. The van der Waals surface area contributed by atoms with E-state index in [-0.39, 0.29) is 6.04 Å². The van der Waals surface area contributed by atoms with Crippen molar-refractivity contribution >= 4 is 5.52 Å². The Balaban J connectivity index is 1.46. The molecule has 8 heteroatoms. The van der Waals surface area contributed by atoms with Gasteiger partial charge in [0.15, 0.2) is 0 Å². The van der Waals surface area contributed by atoms with Crippen LogP contribution in [0.25, 0.3) is 16.8 Å². The van der Waals surface area contributed by atoms with E-state index in [4.69, 9.17) is 4.52 Å². The highest BCUT2D eigenvalue weighted by Gasteiger charge is 2.30. The molecule has 1 unspecified atom stereocenters. The Morgan fingerprint density at radius 2 is 2.19 bits per heavy atom. The summed E-state index contributed by atoms with van der Waals surface area (Å²) in [4.78, 5) is 2.41. The standard InChI is InChI=1S/C19H21N7O/c1-13-10-15(22-27-13)12-25-9-3-4-17(25)19-18-6-5-14(11-26(18)23-21-19)16-7-8-20-24(16)2/h5-8,10-11,17H,3-4,9,12H2,1-2H3. The number of aromatic nitrogens is 6.